The number of rotatable bonds is 4. The fraction of sp³-hybridized carbons (Fsp3) is 1.00. The third kappa shape index (κ3) is 3.44. The summed E-state index contributed by atoms with van der Waals surface area (Å²) in [6, 6.07) is 0.988. The lowest BCUT2D eigenvalue weighted by molar-refractivity contribution is 0.0627. The monoisotopic (exact) mass is 214 g/mol. The van der Waals surface area contributed by atoms with E-state index >= 15 is 0 Å². The molecule has 2 N–H and O–H groups in total. The quantitative estimate of drug-likeness (QED) is 0.767. The van der Waals surface area contributed by atoms with Crippen LogP contribution in [0.3, 0.4) is 0 Å². The topological polar surface area (TPSA) is 38.5 Å². The van der Waals surface area contributed by atoms with Gasteiger partial charge in [-0.1, -0.05) is 13.8 Å². The molecule has 1 heterocycles. The molecule has 15 heavy (non-hydrogen) atoms. The Hall–Kier alpha value is -0.120. The van der Waals surface area contributed by atoms with Crippen LogP contribution in [-0.2, 0) is 4.74 Å². The Morgan fingerprint density at radius 2 is 2.13 bits per heavy atom. The van der Waals surface area contributed by atoms with Crippen molar-refractivity contribution in [1.82, 2.24) is 4.90 Å². The average molecular weight is 214 g/mol. The van der Waals surface area contributed by atoms with Gasteiger partial charge >= 0.3 is 0 Å². The molecule has 1 aliphatic rings. The van der Waals surface area contributed by atoms with E-state index in [1.165, 1.54) is 0 Å². The molecule has 1 saturated heterocycles. The predicted octanol–water partition coefficient (Wildman–Crippen LogP) is 1.33. The van der Waals surface area contributed by atoms with Gasteiger partial charge in [0.2, 0.25) is 0 Å². The minimum Gasteiger partial charge on any atom is -0.384 e. The lowest BCUT2D eigenvalue weighted by Gasteiger charge is -2.42. The van der Waals surface area contributed by atoms with E-state index in [4.69, 9.17) is 10.5 Å². The predicted molar refractivity (Wildman–Crippen MR) is 63.8 cm³/mol. The average Bonchev–Trinajstić information content (AvgIpc) is 2.20. The molecule has 4 atom stereocenters. The van der Waals surface area contributed by atoms with Crippen LogP contribution >= 0.6 is 0 Å². The van der Waals surface area contributed by atoms with Crippen LogP contribution < -0.4 is 5.73 Å². The first-order valence-corrected chi connectivity index (χ1v) is 6.04. The van der Waals surface area contributed by atoms with E-state index < -0.39 is 0 Å². The molecule has 1 fully saturated rings. The molecular weight excluding hydrogens is 188 g/mol. The molecule has 0 aromatic rings. The Bertz CT molecular complexity index is 186. The third-order valence-electron chi connectivity index (χ3n) is 3.76. The summed E-state index contributed by atoms with van der Waals surface area (Å²) in [5, 5.41) is 0. The van der Waals surface area contributed by atoms with Gasteiger partial charge in [0, 0.05) is 32.3 Å². The molecule has 0 amide bonds. The maximum absolute atomic E-state index is 6.07. The standard InChI is InChI=1S/C12H26N2O/c1-9(8-15-4)7-14-6-5-12(13)10(2)11(14)3/h9-12H,5-8,13H2,1-4H3. The van der Waals surface area contributed by atoms with Crippen LogP contribution in [0, 0.1) is 11.8 Å². The molecule has 0 spiro atoms. The summed E-state index contributed by atoms with van der Waals surface area (Å²) in [6.45, 7) is 9.93. The number of ether oxygens (including phenoxy) is 1. The first-order valence-electron chi connectivity index (χ1n) is 6.04. The minimum atomic E-state index is 0.383. The van der Waals surface area contributed by atoms with Crippen molar-refractivity contribution < 1.29 is 4.74 Å². The number of piperidine rings is 1. The van der Waals surface area contributed by atoms with Gasteiger partial charge in [-0.3, -0.25) is 4.90 Å². The van der Waals surface area contributed by atoms with Gasteiger partial charge in [-0.05, 0) is 31.7 Å². The van der Waals surface area contributed by atoms with Crippen LogP contribution in [-0.4, -0.2) is 43.8 Å². The van der Waals surface area contributed by atoms with Gasteiger partial charge in [-0.15, -0.1) is 0 Å². The van der Waals surface area contributed by atoms with Crippen LogP contribution in [0.4, 0.5) is 0 Å². The normalized spacial score (nSPS) is 35.4. The third-order valence-corrected chi connectivity index (χ3v) is 3.76. The Labute approximate surface area is 94.0 Å². The van der Waals surface area contributed by atoms with E-state index in [0.717, 1.165) is 26.1 Å². The van der Waals surface area contributed by atoms with Crippen molar-refractivity contribution in [3.63, 3.8) is 0 Å². The second-order valence-electron chi connectivity index (χ2n) is 5.11. The molecule has 1 rings (SSSR count). The zero-order chi connectivity index (χ0) is 11.4. The van der Waals surface area contributed by atoms with Crippen molar-refractivity contribution in [2.45, 2.75) is 39.3 Å². The smallest absolute Gasteiger partial charge is 0.0500 e. The summed E-state index contributed by atoms with van der Waals surface area (Å²) in [5.41, 5.74) is 6.07. The second kappa shape index (κ2) is 5.83. The van der Waals surface area contributed by atoms with Crippen molar-refractivity contribution in [3.05, 3.63) is 0 Å². The molecule has 0 aromatic heterocycles. The maximum atomic E-state index is 6.07. The molecule has 0 aromatic carbocycles. The first-order chi connectivity index (χ1) is 7.06. The van der Waals surface area contributed by atoms with Crippen LogP contribution in [0.25, 0.3) is 0 Å². The molecule has 4 unspecified atom stereocenters. The molecule has 0 radical (unpaired) electrons. The summed E-state index contributed by atoms with van der Waals surface area (Å²) in [5.74, 6) is 1.22. The summed E-state index contributed by atoms with van der Waals surface area (Å²) >= 11 is 0. The summed E-state index contributed by atoms with van der Waals surface area (Å²) in [4.78, 5) is 2.55. The van der Waals surface area contributed by atoms with Crippen molar-refractivity contribution in [3.8, 4) is 0 Å². The highest BCUT2D eigenvalue weighted by molar-refractivity contribution is 4.87. The van der Waals surface area contributed by atoms with E-state index in [2.05, 4.69) is 25.7 Å². The fourth-order valence-corrected chi connectivity index (χ4v) is 2.47. The lowest BCUT2D eigenvalue weighted by atomic mass is 9.87. The Morgan fingerprint density at radius 3 is 2.73 bits per heavy atom. The van der Waals surface area contributed by atoms with E-state index in [1.807, 2.05) is 0 Å². The van der Waals surface area contributed by atoms with Gasteiger partial charge in [-0.25, -0.2) is 0 Å². The van der Waals surface area contributed by atoms with Gasteiger partial charge in [0.15, 0.2) is 0 Å². The highest BCUT2D eigenvalue weighted by atomic mass is 16.5. The van der Waals surface area contributed by atoms with E-state index in [-0.39, 0.29) is 0 Å². The Morgan fingerprint density at radius 1 is 1.47 bits per heavy atom. The maximum Gasteiger partial charge on any atom is 0.0500 e. The number of hydrogen-bond acceptors (Lipinski definition) is 3. The number of likely N-dealkylation sites (tertiary alicyclic amines) is 1. The van der Waals surface area contributed by atoms with Crippen molar-refractivity contribution in [2.75, 3.05) is 26.8 Å². The number of nitrogens with two attached hydrogens (primary N) is 1. The highest BCUT2D eigenvalue weighted by Gasteiger charge is 2.30. The molecule has 0 bridgehead atoms. The molecule has 3 nitrogen and oxygen atoms in total. The number of nitrogens with zero attached hydrogens (tertiary/aromatic N) is 1. The zero-order valence-corrected chi connectivity index (χ0v) is 10.6. The van der Waals surface area contributed by atoms with Crippen LogP contribution in [0.1, 0.15) is 27.2 Å². The number of methoxy groups -OCH3 is 1. The second-order valence-corrected chi connectivity index (χ2v) is 5.11. The molecular formula is C12H26N2O. The van der Waals surface area contributed by atoms with Gasteiger partial charge in [0.1, 0.15) is 0 Å². The first kappa shape index (κ1) is 12.9. The van der Waals surface area contributed by atoms with Crippen molar-refractivity contribution in [2.24, 2.45) is 17.6 Å². The fourth-order valence-electron chi connectivity index (χ4n) is 2.47. The van der Waals surface area contributed by atoms with Gasteiger partial charge in [0.05, 0.1) is 0 Å². The Balaban J connectivity index is 2.42. The van der Waals surface area contributed by atoms with Crippen LogP contribution in [0.15, 0.2) is 0 Å². The van der Waals surface area contributed by atoms with Gasteiger partial charge < -0.3 is 10.5 Å². The van der Waals surface area contributed by atoms with Crippen molar-refractivity contribution in [1.29, 1.82) is 0 Å². The van der Waals surface area contributed by atoms with Gasteiger partial charge in [-0.2, -0.15) is 0 Å². The largest absolute Gasteiger partial charge is 0.384 e. The SMILES string of the molecule is COCC(C)CN1CCC(N)C(C)C1C. The van der Waals surface area contributed by atoms with Crippen molar-refractivity contribution >= 4 is 0 Å². The summed E-state index contributed by atoms with van der Waals surface area (Å²) in [7, 11) is 1.77. The molecule has 90 valence electrons. The minimum absolute atomic E-state index is 0.383. The zero-order valence-electron chi connectivity index (χ0n) is 10.6. The molecule has 3 heteroatoms. The summed E-state index contributed by atoms with van der Waals surface area (Å²) in [6.07, 6.45) is 1.13. The van der Waals surface area contributed by atoms with E-state index in [0.29, 0.717) is 23.9 Å². The number of hydrogen-bond donors (Lipinski definition) is 1. The van der Waals surface area contributed by atoms with E-state index in [1.54, 1.807) is 7.11 Å². The van der Waals surface area contributed by atoms with Crippen LogP contribution in [0.2, 0.25) is 0 Å². The molecule has 0 saturated carbocycles. The lowest BCUT2D eigenvalue weighted by Crippen LogP contribution is -2.52. The van der Waals surface area contributed by atoms with Crippen LogP contribution in [0.5, 0.6) is 0 Å². The highest BCUT2D eigenvalue weighted by Crippen LogP contribution is 2.22. The van der Waals surface area contributed by atoms with E-state index in [9.17, 15) is 0 Å². The molecule has 1 aliphatic heterocycles. The van der Waals surface area contributed by atoms with Gasteiger partial charge in [0.25, 0.3) is 0 Å². The molecule has 0 aliphatic carbocycles. The summed E-state index contributed by atoms with van der Waals surface area (Å²) < 4.78 is 5.18. The Kier molecular flexibility index (Phi) is 5.03.